The van der Waals surface area contributed by atoms with Crippen molar-refractivity contribution in [1.82, 2.24) is 0 Å². The maximum absolute atomic E-state index is 13.4. The summed E-state index contributed by atoms with van der Waals surface area (Å²) in [6.07, 6.45) is 0.233. The second-order valence-electron chi connectivity index (χ2n) is 8.14. The summed E-state index contributed by atoms with van der Waals surface area (Å²) in [6.45, 7) is 1.78. The summed E-state index contributed by atoms with van der Waals surface area (Å²) in [4.78, 5) is 13.4. The molecule has 0 spiro atoms. The quantitative estimate of drug-likeness (QED) is 0.445. The molecule has 1 unspecified atom stereocenters. The molecule has 0 saturated heterocycles. The molecule has 7 nitrogen and oxygen atoms in total. The van der Waals surface area contributed by atoms with Crippen LogP contribution in [0.1, 0.15) is 34.8 Å². The second-order valence-corrected chi connectivity index (χ2v) is 8.14. The van der Waals surface area contributed by atoms with Crippen LogP contribution < -0.4 is 18.9 Å². The molecule has 0 bridgehead atoms. The first-order valence-corrected chi connectivity index (χ1v) is 11.0. The molecule has 182 valence electrons. The van der Waals surface area contributed by atoms with Crippen molar-refractivity contribution in [2.24, 2.45) is 0 Å². The van der Waals surface area contributed by atoms with E-state index in [4.69, 9.17) is 23.7 Å². The van der Waals surface area contributed by atoms with Crippen LogP contribution in [-0.2, 0) is 10.3 Å². The number of carbonyl (C=O) groups is 1. The number of allylic oxidation sites excluding steroid dienone is 1. The zero-order valence-corrected chi connectivity index (χ0v) is 20.4. The fourth-order valence-corrected chi connectivity index (χ4v) is 4.48. The van der Waals surface area contributed by atoms with Crippen LogP contribution in [0, 0.1) is 0 Å². The number of methoxy groups -OCH3 is 4. The van der Waals surface area contributed by atoms with Gasteiger partial charge in [0.15, 0.2) is 34.4 Å². The highest BCUT2D eigenvalue weighted by atomic mass is 16.5. The van der Waals surface area contributed by atoms with Crippen LogP contribution in [-0.4, -0.2) is 39.3 Å². The largest absolute Gasteiger partial charge is 0.504 e. The Balaban J connectivity index is 1.91. The number of benzene rings is 3. The number of phenolic OH excluding ortho intramolecular Hbond substituents is 1. The Kier molecular flexibility index (Phi) is 6.60. The van der Waals surface area contributed by atoms with Gasteiger partial charge >= 0.3 is 0 Å². The maximum Gasteiger partial charge on any atom is 0.203 e. The lowest BCUT2D eigenvalue weighted by molar-refractivity contribution is 0.0614. The molecule has 0 aromatic heterocycles. The molecule has 3 aromatic rings. The third kappa shape index (κ3) is 4.14. The molecule has 3 aromatic carbocycles. The van der Waals surface area contributed by atoms with Gasteiger partial charge in [-0.3, -0.25) is 4.79 Å². The Morgan fingerprint density at radius 2 is 1.46 bits per heavy atom. The number of ketones is 1. The van der Waals surface area contributed by atoms with Crippen LogP contribution in [0.15, 0.2) is 72.0 Å². The third-order valence-electron chi connectivity index (χ3n) is 6.26. The Bertz CT molecular complexity index is 1250. The highest BCUT2D eigenvalue weighted by Gasteiger charge is 2.46. The standard InChI is InChI=1S/C28H28O7/c1-17-21(26(30)18-9-7-6-8-10-18)16-28(35-17,19-11-12-23(31-2)22(29)13-19)20-14-24(32-3)27(34-5)25(15-20)33-4/h6-15,29H,16H2,1-5H3. The van der Waals surface area contributed by atoms with Crippen molar-refractivity contribution in [2.45, 2.75) is 18.9 Å². The van der Waals surface area contributed by atoms with E-state index in [0.717, 1.165) is 0 Å². The predicted molar refractivity (Wildman–Crippen MR) is 131 cm³/mol. The summed E-state index contributed by atoms with van der Waals surface area (Å²) in [5.41, 5.74) is 1.29. The van der Waals surface area contributed by atoms with Crippen LogP contribution in [0.4, 0.5) is 0 Å². The molecule has 4 rings (SSSR count). The van der Waals surface area contributed by atoms with E-state index < -0.39 is 5.60 Å². The third-order valence-corrected chi connectivity index (χ3v) is 6.26. The first-order valence-electron chi connectivity index (χ1n) is 11.0. The molecule has 0 fully saturated rings. The molecule has 0 radical (unpaired) electrons. The van der Waals surface area contributed by atoms with E-state index >= 15 is 0 Å². The number of carbonyl (C=O) groups excluding carboxylic acids is 1. The van der Waals surface area contributed by atoms with Crippen molar-refractivity contribution >= 4 is 5.78 Å². The average molecular weight is 477 g/mol. The number of ether oxygens (including phenoxy) is 5. The SMILES string of the molecule is COc1ccc(C2(c3cc(OC)c(OC)c(OC)c3)CC(C(=O)c3ccccc3)=C(C)O2)cc1O. The van der Waals surface area contributed by atoms with Crippen LogP contribution in [0.5, 0.6) is 28.7 Å². The van der Waals surface area contributed by atoms with E-state index in [9.17, 15) is 9.90 Å². The lowest BCUT2D eigenvalue weighted by Gasteiger charge is -2.32. The van der Waals surface area contributed by atoms with Crippen LogP contribution in [0.3, 0.4) is 0 Å². The average Bonchev–Trinajstić information content (AvgIpc) is 3.25. The number of aromatic hydroxyl groups is 1. The fourth-order valence-electron chi connectivity index (χ4n) is 4.48. The van der Waals surface area contributed by atoms with Gasteiger partial charge in [-0.1, -0.05) is 36.4 Å². The fraction of sp³-hybridized carbons (Fsp3) is 0.250. The van der Waals surface area contributed by atoms with Crippen molar-refractivity contribution < 1.29 is 33.6 Å². The monoisotopic (exact) mass is 476 g/mol. The van der Waals surface area contributed by atoms with Gasteiger partial charge in [0.05, 0.1) is 28.4 Å². The summed E-state index contributed by atoms with van der Waals surface area (Å²) in [7, 11) is 6.09. The molecule has 0 saturated carbocycles. The molecule has 1 aliphatic heterocycles. The highest BCUT2D eigenvalue weighted by Crippen LogP contribution is 2.52. The first-order chi connectivity index (χ1) is 16.9. The van der Waals surface area contributed by atoms with Gasteiger partial charge in [0.25, 0.3) is 0 Å². The van der Waals surface area contributed by atoms with E-state index in [1.54, 1.807) is 43.3 Å². The molecule has 1 N–H and O–H groups in total. The number of hydrogen-bond donors (Lipinski definition) is 1. The zero-order valence-electron chi connectivity index (χ0n) is 20.4. The van der Waals surface area contributed by atoms with Gasteiger partial charge in [0.1, 0.15) is 5.76 Å². The van der Waals surface area contributed by atoms with Gasteiger partial charge in [-0.15, -0.1) is 0 Å². The van der Waals surface area contributed by atoms with Gasteiger partial charge in [-0.25, -0.2) is 0 Å². The highest BCUT2D eigenvalue weighted by molar-refractivity contribution is 6.09. The number of Topliss-reactive ketones (excluding diaryl/α,β-unsaturated/α-hetero) is 1. The lowest BCUT2D eigenvalue weighted by Crippen LogP contribution is -2.28. The minimum atomic E-state index is -1.14. The molecule has 1 atom stereocenters. The number of phenols is 1. The van der Waals surface area contributed by atoms with Gasteiger partial charge in [-0.2, -0.15) is 0 Å². The molecule has 7 heteroatoms. The Labute approximate surface area is 204 Å². The molecular formula is C28H28O7. The summed E-state index contributed by atoms with van der Waals surface area (Å²) < 4.78 is 28.4. The minimum Gasteiger partial charge on any atom is -0.504 e. The number of rotatable bonds is 8. The lowest BCUT2D eigenvalue weighted by atomic mass is 9.80. The molecular weight excluding hydrogens is 448 g/mol. The Morgan fingerprint density at radius 1 is 0.829 bits per heavy atom. The normalized spacial score (nSPS) is 17.1. The second kappa shape index (κ2) is 9.62. The molecule has 0 aliphatic carbocycles. The van der Waals surface area contributed by atoms with E-state index in [-0.39, 0.29) is 18.0 Å². The Hall–Kier alpha value is -4.13. The van der Waals surface area contributed by atoms with Crippen molar-refractivity contribution in [3.63, 3.8) is 0 Å². The molecule has 1 aliphatic rings. The molecule has 35 heavy (non-hydrogen) atoms. The molecule has 0 amide bonds. The topological polar surface area (TPSA) is 83.5 Å². The van der Waals surface area contributed by atoms with Crippen molar-refractivity contribution in [1.29, 1.82) is 0 Å². The summed E-state index contributed by atoms with van der Waals surface area (Å²) in [6, 6.07) is 17.7. The van der Waals surface area contributed by atoms with Gasteiger partial charge in [-0.05, 0) is 31.2 Å². The minimum absolute atomic E-state index is 0.0408. The maximum atomic E-state index is 13.4. The van der Waals surface area contributed by atoms with Gasteiger partial charge in [0.2, 0.25) is 5.75 Å². The van der Waals surface area contributed by atoms with E-state index in [0.29, 0.717) is 51.0 Å². The van der Waals surface area contributed by atoms with Crippen molar-refractivity contribution in [2.75, 3.05) is 28.4 Å². The van der Waals surface area contributed by atoms with Crippen molar-refractivity contribution in [3.8, 4) is 28.7 Å². The van der Waals surface area contributed by atoms with Crippen LogP contribution >= 0.6 is 0 Å². The summed E-state index contributed by atoms with van der Waals surface area (Å²) in [5.74, 6) is 2.01. The van der Waals surface area contributed by atoms with E-state index in [1.165, 1.54) is 28.4 Å². The summed E-state index contributed by atoms with van der Waals surface area (Å²) in [5, 5.41) is 10.6. The summed E-state index contributed by atoms with van der Waals surface area (Å²) >= 11 is 0. The zero-order chi connectivity index (χ0) is 25.2. The van der Waals surface area contributed by atoms with Crippen LogP contribution in [0.25, 0.3) is 0 Å². The van der Waals surface area contributed by atoms with E-state index in [2.05, 4.69) is 0 Å². The van der Waals surface area contributed by atoms with Gasteiger partial charge in [0, 0.05) is 28.7 Å². The van der Waals surface area contributed by atoms with E-state index in [1.807, 2.05) is 24.3 Å². The first kappa shape index (κ1) is 24.0. The van der Waals surface area contributed by atoms with Gasteiger partial charge < -0.3 is 28.8 Å². The smallest absolute Gasteiger partial charge is 0.203 e. The van der Waals surface area contributed by atoms with Crippen LogP contribution in [0.2, 0.25) is 0 Å². The van der Waals surface area contributed by atoms with Crippen molar-refractivity contribution in [3.05, 3.63) is 88.7 Å². The predicted octanol–water partition coefficient (Wildman–Crippen LogP) is 5.25. The Morgan fingerprint density at radius 3 is 2.00 bits per heavy atom. The number of hydrogen-bond acceptors (Lipinski definition) is 7. The molecule has 1 heterocycles.